The molecule has 0 fully saturated rings. The average Bonchev–Trinajstić information content (AvgIpc) is 3.61. The normalized spacial score (nSPS) is 19.9. The number of hydrogen-bond donors (Lipinski definition) is 0. The van der Waals surface area contributed by atoms with Crippen molar-refractivity contribution >= 4 is 19.1 Å². The van der Waals surface area contributed by atoms with Gasteiger partial charge in [0.25, 0.3) is 0 Å². The molecular weight excluding hydrogens is 711 g/mol. The van der Waals surface area contributed by atoms with Crippen LogP contribution in [0, 0.1) is 27.7 Å². The second kappa shape index (κ2) is 9.26. The molecule has 0 bridgehead atoms. The molecule has 0 aromatic heterocycles. The van der Waals surface area contributed by atoms with Gasteiger partial charge >= 0.3 is 264 Å². The van der Waals surface area contributed by atoms with Crippen molar-refractivity contribution in [1.29, 1.82) is 0 Å². The molecule has 228 valence electrons. The van der Waals surface area contributed by atoms with Crippen molar-refractivity contribution in [3.05, 3.63) is 129 Å². The van der Waals surface area contributed by atoms with Crippen molar-refractivity contribution < 1.29 is 14.2 Å². The zero-order valence-corrected chi connectivity index (χ0v) is 33.8. The maximum absolute atomic E-state index is 5.22. The van der Waals surface area contributed by atoms with Crippen LogP contribution in [0.4, 0.5) is 0 Å². The molecule has 2 unspecified atom stereocenters. The van der Waals surface area contributed by atoms with Crippen molar-refractivity contribution in [3.63, 3.8) is 0 Å². The Morgan fingerprint density at radius 1 is 0.523 bits per heavy atom. The van der Waals surface area contributed by atoms with E-state index in [4.69, 9.17) is 0 Å². The number of hydrogen-bond acceptors (Lipinski definition) is 0. The predicted molar refractivity (Wildman–Crippen MR) is 197 cm³/mol. The van der Waals surface area contributed by atoms with Gasteiger partial charge in [-0.25, -0.2) is 0 Å². The minimum absolute atomic E-state index is 0.390. The van der Waals surface area contributed by atoms with E-state index in [0.29, 0.717) is 14.7 Å². The first kappa shape index (κ1) is 31.4. The van der Waals surface area contributed by atoms with Crippen molar-refractivity contribution in [1.82, 2.24) is 0 Å². The van der Waals surface area contributed by atoms with Crippen molar-refractivity contribution in [2.75, 3.05) is 0 Å². The van der Waals surface area contributed by atoms with Crippen LogP contribution in [0.2, 0.25) is 16.7 Å². The van der Waals surface area contributed by atoms with Crippen molar-refractivity contribution in [2.45, 2.75) is 79.4 Å². The van der Waals surface area contributed by atoms with Gasteiger partial charge in [-0.3, -0.25) is 0 Å². The van der Waals surface area contributed by atoms with Gasteiger partial charge in [0.15, 0.2) is 0 Å². The summed E-state index contributed by atoms with van der Waals surface area (Å²) < 4.78 is 7.60. The molecule has 2 atom stereocenters. The molecule has 0 heterocycles. The van der Waals surface area contributed by atoms with Crippen molar-refractivity contribution in [3.8, 4) is 22.3 Å². The van der Waals surface area contributed by atoms with E-state index in [-0.39, 0.29) is 0 Å². The van der Waals surface area contributed by atoms with E-state index in [9.17, 15) is 0 Å². The first-order valence-corrected chi connectivity index (χ1v) is 40.6. The summed E-state index contributed by atoms with van der Waals surface area (Å²) in [7, 11) is 0. The van der Waals surface area contributed by atoms with Crippen LogP contribution < -0.4 is 0 Å². The van der Waals surface area contributed by atoms with E-state index in [1.165, 1.54) is 55.6 Å². The Balaban J connectivity index is 1.67. The van der Waals surface area contributed by atoms with Crippen molar-refractivity contribution in [2.24, 2.45) is 0 Å². The molecule has 2 heteroatoms. The number of rotatable bonds is 6. The molecule has 4 aromatic rings. The van der Waals surface area contributed by atoms with Crippen LogP contribution >= 0.6 is 0 Å². The third-order valence-corrected chi connectivity index (χ3v) is 96.1. The second-order valence-corrected chi connectivity index (χ2v) is 93.5. The molecule has 0 amide bonds. The standard InChI is InChI=1S/2C17H15.2C3H7.2CH3.Hf.H2Si/c2*1-12-6-3-7-13(2)17(12)16-11-5-9-14-8-4-10-15(14)16;2*1-3-2;;;;/h2*3-11H,1-2H3;2*3H,1-2H3;2*1H3;;1H2. The molecule has 0 nitrogen and oxygen atoms in total. The van der Waals surface area contributed by atoms with Gasteiger partial charge in [0.1, 0.15) is 0 Å². The molecule has 0 saturated carbocycles. The zero-order chi connectivity index (χ0) is 31.9. The fraction of sp³-hybridized carbons (Fsp3) is 0.333. The number of fused-ring (bicyclic) bond motifs is 2. The van der Waals surface area contributed by atoms with Crippen LogP contribution in [0.25, 0.3) is 34.4 Å². The zero-order valence-electron chi connectivity index (χ0n) is 28.8. The third-order valence-electron chi connectivity index (χ3n) is 15.2. The Kier molecular flexibility index (Phi) is 6.61. The molecule has 0 radical (unpaired) electrons. The van der Waals surface area contributed by atoms with E-state index < -0.39 is 14.2 Å². The van der Waals surface area contributed by atoms with Gasteiger partial charge in [0.05, 0.1) is 0 Å². The summed E-state index contributed by atoms with van der Waals surface area (Å²) in [6.45, 7) is 21.9. The first-order chi connectivity index (χ1) is 20.5. The van der Waals surface area contributed by atoms with Crippen LogP contribution in [0.15, 0.2) is 84.9 Å². The van der Waals surface area contributed by atoms with E-state index >= 15 is 0 Å². The van der Waals surface area contributed by atoms with E-state index in [1.807, 2.05) is 0 Å². The monoisotopic (exact) mass is 764 g/mol. The number of allylic oxidation sites excluding steroid dienone is 2. The van der Waals surface area contributed by atoms with Crippen LogP contribution in [-0.4, -0.2) is 6.94 Å². The van der Waals surface area contributed by atoms with E-state index in [0.717, 1.165) is 0 Å². The summed E-state index contributed by atoms with van der Waals surface area (Å²) >= 11 is -5.22. The Morgan fingerprint density at radius 2 is 0.841 bits per heavy atom. The molecule has 0 N–H and O–H groups in total. The molecule has 4 aromatic carbocycles. The molecule has 6 rings (SSSR count). The fourth-order valence-corrected chi connectivity index (χ4v) is 51.0. The van der Waals surface area contributed by atoms with Gasteiger partial charge < -0.3 is 0 Å². The Hall–Kier alpha value is -2.55. The second-order valence-electron chi connectivity index (χ2n) is 17.5. The molecule has 0 saturated heterocycles. The summed E-state index contributed by atoms with van der Waals surface area (Å²) in [5.74, 6) is 0. The number of aryl methyl sites for hydroxylation is 4. The van der Waals surface area contributed by atoms with Crippen LogP contribution in [0.3, 0.4) is 0 Å². The van der Waals surface area contributed by atoms with Crippen LogP contribution in [0.5, 0.6) is 0 Å². The molecule has 44 heavy (non-hydrogen) atoms. The molecular formula is C42H52HfSi. The first-order valence-electron chi connectivity index (χ1n) is 16.8. The van der Waals surface area contributed by atoms with Gasteiger partial charge in [-0.15, -0.1) is 0 Å². The van der Waals surface area contributed by atoms with Gasteiger partial charge in [-0.2, -0.15) is 0 Å². The Bertz CT molecular complexity index is 1870. The van der Waals surface area contributed by atoms with Gasteiger partial charge in [0.2, 0.25) is 0 Å². The predicted octanol–water partition coefficient (Wildman–Crippen LogP) is 12.2. The molecule has 0 aliphatic heterocycles. The summed E-state index contributed by atoms with van der Waals surface area (Å²) in [6, 6.07) is 27.8. The van der Waals surface area contributed by atoms with E-state index in [2.05, 4.69) is 169 Å². The van der Waals surface area contributed by atoms with Gasteiger partial charge in [-0.05, 0) is 0 Å². The van der Waals surface area contributed by atoms with Crippen LogP contribution in [-0.2, 0) is 14.2 Å². The molecule has 2 aliphatic rings. The third kappa shape index (κ3) is 3.59. The summed E-state index contributed by atoms with van der Waals surface area (Å²) in [5.41, 5.74) is 17.0. The van der Waals surface area contributed by atoms with E-state index in [1.54, 1.807) is 11.1 Å². The molecule has 2 aliphatic carbocycles. The Morgan fingerprint density at radius 3 is 1.16 bits per heavy atom. The summed E-state index contributed by atoms with van der Waals surface area (Å²) in [4.78, 5) is 0. The quantitative estimate of drug-likeness (QED) is 0.172. The average molecular weight is 763 g/mol. The number of benzene rings is 4. The topological polar surface area (TPSA) is 0 Å². The van der Waals surface area contributed by atoms with Gasteiger partial charge in [0, 0.05) is 0 Å². The Labute approximate surface area is 262 Å². The summed E-state index contributed by atoms with van der Waals surface area (Å²) in [6.07, 6.45) is 10.4. The van der Waals surface area contributed by atoms with Crippen LogP contribution in [0.1, 0.15) is 79.6 Å². The molecule has 0 spiro atoms. The maximum atomic E-state index is 2.88. The summed E-state index contributed by atoms with van der Waals surface area (Å²) in [5, 5.41) is 0. The van der Waals surface area contributed by atoms with Gasteiger partial charge in [-0.1, -0.05) is 0 Å². The minimum atomic E-state index is -5.22. The fourth-order valence-electron chi connectivity index (χ4n) is 10.1. The SMILES string of the molecule is Cc1cccc(C)c1-c1cccc2c1C=C[CH]2[Hf]([CH3])([CH3])(=[SiH2])([CH](C)C)([CH](C)C)[CH]1C=Cc2c(-c3c(C)cccc3C)cccc21.